The lowest BCUT2D eigenvalue weighted by Crippen LogP contribution is -2.35. The smallest absolute Gasteiger partial charge is 0.363 e. The van der Waals surface area contributed by atoms with Gasteiger partial charge in [-0.2, -0.15) is 23.4 Å². The third-order valence-electron chi connectivity index (χ3n) is 5.73. The third-order valence-corrected chi connectivity index (χ3v) is 6.04. The Morgan fingerprint density at radius 2 is 1.84 bits per heavy atom. The van der Waals surface area contributed by atoms with E-state index < -0.39 is 18.3 Å². The molecule has 0 amide bonds. The van der Waals surface area contributed by atoms with E-state index in [1.807, 2.05) is 38.1 Å². The highest BCUT2D eigenvalue weighted by atomic mass is 32.1. The van der Waals surface area contributed by atoms with Crippen molar-refractivity contribution in [2.24, 2.45) is 5.92 Å². The largest absolute Gasteiger partial charge is 0.410 e. The van der Waals surface area contributed by atoms with Crippen molar-refractivity contribution in [3.8, 4) is 11.5 Å². The molecular formula is C22H27F3N6S. The van der Waals surface area contributed by atoms with E-state index in [2.05, 4.69) is 34.5 Å². The van der Waals surface area contributed by atoms with Crippen molar-refractivity contribution in [3.05, 3.63) is 46.2 Å². The van der Waals surface area contributed by atoms with Gasteiger partial charge in [-0.1, -0.05) is 52.0 Å². The normalized spacial score (nSPS) is 18.8. The summed E-state index contributed by atoms with van der Waals surface area (Å²) in [5, 5.41) is 14.5. The summed E-state index contributed by atoms with van der Waals surface area (Å²) >= 11 is 5.31. The number of benzene rings is 1. The van der Waals surface area contributed by atoms with Crippen molar-refractivity contribution in [1.82, 2.24) is 24.5 Å². The maximum atomic E-state index is 14.0. The maximum Gasteiger partial charge on any atom is 0.410 e. The number of fused-ring (bicyclic) bond motifs is 1. The van der Waals surface area contributed by atoms with Gasteiger partial charge >= 0.3 is 6.18 Å². The molecule has 1 aliphatic rings. The van der Waals surface area contributed by atoms with Crippen molar-refractivity contribution < 1.29 is 13.2 Å². The van der Waals surface area contributed by atoms with Crippen LogP contribution in [-0.4, -0.2) is 30.7 Å². The molecule has 0 unspecified atom stereocenters. The van der Waals surface area contributed by atoms with Crippen LogP contribution in [0.3, 0.4) is 0 Å². The van der Waals surface area contributed by atoms with Crippen LogP contribution < -0.4 is 5.32 Å². The highest BCUT2D eigenvalue weighted by molar-refractivity contribution is 7.71. The van der Waals surface area contributed by atoms with E-state index >= 15 is 0 Å². The highest BCUT2D eigenvalue weighted by Crippen LogP contribution is 2.44. The van der Waals surface area contributed by atoms with E-state index in [9.17, 15) is 13.2 Å². The molecule has 0 aliphatic carbocycles. The molecule has 4 rings (SSSR count). The molecule has 10 heteroatoms. The van der Waals surface area contributed by atoms with Gasteiger partial charge in [0.25, 0.3) is 0 Å². The molecule has 2 N–H and O–H groups in total. The molecule has 3 heterocycles. The van der Waals surface area contributed by atoms with Gasteiger partial charge in [-0.15, -0.1) is 0 Å². The summed E-state index contributed by atoms with van der Waals surface area (Å²) in [5.41, 5.74) is 2.32. The number of rotatable bonds is 5. The van der Waals surface area contributed by atoms with E-state index in [0.29, 0.717) is 34.6 Å². The van der Waals surface area contributed by atoms with Crippen molar-refractivity contribution >= 4 is 18.0 Å². The summed E-state index contributed by atoms with van der Waals surface area (Å²) in [6, 6.07) is 7.17. The van der Waals surface area contributed by atoms with Gasteiger partial charge in [0.15, 0.2) is 16.6 Å². The molecule has 32 heavy (non-hydrogen) atoms. The summed E-state index contributed by atoms with van der Waals surface area (Å²) in [4.78, 5) is 0. The zero-order chi connectivity index (χ0) is 23.2. The second kappa shape index (κ2) is 8.38. The number of nitrogens with one attached hydrogen (secondary N) is 2. The second-order valence-electron chi connectivity index (χ2n) is 9.03. The van der Waals surface area contributed by atoms with E-state index in [4.69, 9.17) is 12.2 Å². The van der Waals surface area contributed by atoms with Crippen molar-refractivity contribution in [2.45, 2.75) is 64.8 Å². The number of hydrogen-bond donors (Lipinski definition) is 2. The molecule has 3 aromatic rings. The minimum Gasteiger partial charge on any atom is -0.363 e. The summed E-state index contributed by atoms with van der Waals surface area (Å²) in [7, 11) is 0. The highest BCUT2D eigenvalue weighted by Gasteiger charge is 2.46. The fourth-order valence-electron chi connectivity index (χ4n) is 4.06. The van der Waals surface area contributed by atoms with E-state index in [1.165, 1.54) is 0 Å². The zero-order valence-electron chi connectivity index (χ0n) is 18.4. The van der Waals surface area contributed by atoms with Crippen LogP contribution in [0.2, 0.25) is 0 Å². The van der Waals surface area contributed by atoms with Gasteiger partial charge in [0.2, 0.25) is 0 Å². The van der Waals surface area contributed by atoms with Gasteiger partial charge in [-0.05, 0) is 35.2 Å². The lowest BCUT2D eigenvalue weighted by atomic mass is 9.94. The molecule has 0 spiro atoms. The topological polar surface area (TPSA) is 63.5 Å². The fraction of sp³-hybridized carbons (Fsp3) is 0.500. The predicted octanol–water partition coefficient (Wildman–Crippen LogP) is 6.24. The maximum absolute atomic E-state index is 14.0. The first-order chi connectivity index (χ1) is 15.0. The van der Waals surface area contributed by atoms with Crippen LogP contribution in [0, 0.1) is 10.7 Å². The number of alkyl halides is 3. The van der Waals surface area contributed by atoms with Gasteiger partial charge < -0.3 is 5.32 Å². The summed E-state index contributed by atoms with van der Waals surface area (Å²) < 4.78 is 45.3. The second-order valence-corrected chi connectivity index (χ2v) is 9.41. The third kappa shape index (κ3) is 4.32. The Bertz CT molecular complexity index is 1140. The van der Waals surface area contributed by atoms with E-state index in [1.54, 1.807) is 10.6 Å². The fourth-order valence-corrected chi connectivity index (χ4v) is 4.27. The van der Waals surface area contributed by atoms with Crippen LogP contribution in [0.1, 0.15) is 63.2 Å². The van der Waals surface area contributed by atoms with Gasteiger partial charge in [-0.3, -0.25) is 9.67 Å². The lowest BCUT2D eigenvalue weighted by molar-refractivity contribution is -0.173. The minimum absolute atomic E-state index is 0.141. The summed E-state index contributed by atoms with van der Waals surface area (Å²) in [6.07, 6.45) is -4.57. The van der Waals surface area contributed by atoms with E-state index in [0.717, 1.165) is 15.8 Å². The van der Waals surface area contributed by atoms with Crippen molar-refractivity contribution in [2.75, 3.05) is 5.32 Å². The monoisotopic (exact) mass is 464 g/mol. The molecule has 0 fully saturated rings. The van der Waals surface area contributed by atoms with Crippen LogP contribution in [0.15, 0.2) is 30.3 Å². The first-order valence-corrected chi connectivity index (χ1v) is 11.1. The van der Waals surface area contributed by atoms with Crippen LogP contribution in [0.4, 0.5) is 19.0 Å². The van der Waals surface area contributed by atoms with Crippen LogP contribution in [0.25, 0.3) is 11.5 Å². The Labute approximate surface area is 189 Å². The molecule has 0 saturated carbocycles. The first-order valence-electron chi connectivity index (χ1n) is 10.7. The van der Waals surface area contributed by atoms with E-state index in [-0.39, 0.29) is 12.3 Å². The number of anilines is 1. The number of hydrogen-bond acceptors (Lipinski definition) is 4. The summed E-state index contributed by atoms with van der Waals surface area (Å²) in [5.74, 6) is 1.40. The molecular weight excluding hydrogens is 437 g/mol. The average molecular weight is 465 g/mol. The van der Waals surface area contributed by atoms with Crippen molar-refractivity contribution in [1.29, 1.82) is 0 Å². The minimum atomic E-state index is -4.43. The SMILES string of the molecule is CC(C)Cn1c(-c2cc3n(n2)[C@@H](C(F)(F)F)C[C@H](c2ccc(C(C)C)cc2)N3)n[nH]c1=S. The van der Waals surface area contributed by atoms with Gasteiger partial charge in [0.1, 0.15) is 11.5 Å². The molecule has 2 atom stereocenters. The lowest BCUT2D eigenvalue weighted by Gasteiger charge is -2.33. The molecule has 1 aliphatic heterocycles. The molecule has 0 radical (unpaired) electrons. The molecule has 0 bridgehead atoms. The Morgan fingerprint density at radius 1 is 1.16 bits per heavy atom. The van der Waals surface area contributed by atoms with Crippen LogP contribution in [-0.2, 0) is 6.54 Å². The van der Waals surface area contributed by atoms with Crippen molar-refractivity contribution in [3.63, 3.8) is 0 Å². The van der Waals surface area contributed by atoms with Gasteiger partial charge in [0, 0.05) is 19.0 Å². The number of halogens is 3. The predicted molar refractivity (Wildman–Crippen MR) is 120 cm³/mol. The Balaban J connectivity index is 1.73. The zero-order valence-corrected chi connectivity index (χ0v) is 19.3. The number of aromatic nitrogens is 5. The number of aromatic amines is 1. The quantitative estimate of drug-likeness (QED) is 0.439. The Morgan fingerprint density at radius 3 is 2.44 bits per heavy atom. The first kappa shape index (κ1) is 22.6. The van der Waals surface area contributed by atoms with Gasteiger partial charge in [-0.25, -0.2) is 4.68 Å². The molecule has 6 nitrogen and oxygen atoms in total. The van der Waals surface area contributed by atoms with Gasteiger partial charge in [0.05, 0.1) is 6.04 Å². The average Bonchev–Trinajstić information content (AvgIpc) is 3.29. The molecule has 2 aromatic heterocycles. The Hall–Kier alpha value is -2.62. The molecule has 172 valence electrons. The number of nitrogens with zero attached hydrogens (tertiary/aromatic N) is 4. The van der Waals surface area contributed by atoms with Crippen LogP contribution in [0.5, 0.6) is 0 Å². The molecule has 0 saturated heterocycles. The standard InChI is InChI=1S/C22H27F3N6S/c1-12(2)11-30-20(27-28-21(30)32)17-10-19-26-16(9-18(22(23,24)25)31(19)29-17)15-7-5-14(6-8-15)13(3)4/h5-8,10,12-13,16,18,26H,9,11H2,1-4H3,(H,28,32)/t16-,18-/m1/s1. The molecule has 1 aromatic carbocycles. The van der Waals surface area contributed by atoms with Crippen LogP contribution >= 0.6 is 12.2 Å². The summed E-state index contributed by atoms with van der Waals surface area (Å²) in [6.45, 7) is 8.83. The number of H-pyrrole nitrogens is 1. The Kier molecular flexibility index (Phi) is 5.91.